The summed E-state index contributed by atoms with van der Waals surface area (Å²) in [6.07, 6.45) is 1.57. The van der Waals surface area contributed by atoms with Gasteiger partial charge in [-0.25, -0.2) is 4.79 Å². The van der Waals surface area contributed by atoms with Gasteiger partial charge in [-0.2, -0.15) is 0 Å². The van der Waals surface area contributed by atoms with Crippen molar-refractivity contribution < 1.29 is 19.1 Å². The molecule has 0 aliphatic heterocycles. The molecule has 0 saturated heterocycles. The van der Waals surface area contributed by atoms with Crippen molar-refractivity contribution in [3.63, 3.8) is 0 Å². The molecule has 2 aromatic rings. The van der Waals surface area contributed by atoms with Crippen molar-refractivity contribution in [2.75, 3.05) is 20.8 Å². The Kier molecular flexibility index (Phi) is 5.65. The van der Waals surface area contributed by atoms with Crippen LogP contribution in [-0.4, -0.2) is 36.8 Å². The number of nitrogens with one attached hydrogen (secondary N) is 1. The first kappa shape index (κ1) is 16.9. The van der Waals surface area contributed by atoms with Crippen molar-refractivity contribution in [1.29, 1.82) is 0 Å². The highest BCUT2D eigenvalue weighted by Crippen LogP contribution is 2.22. The highest BCUT2D eigenvalue weighted by atomic mass is 16.5. The molecule has 1 aromatic heterocycles. The lowest BCUT2D eigenvalue weighted by atomic mass is 10.1. The molecule has 0 fully saturated rings. The van der Waals surface area contributed by atoms with Crippen molar-refractivity contribution in [2.24, 2.45) is 0 Å². The minimum atomic E-state index is -0.440. The van der Waals surface area contributed by atoms with Crippen molar-refractivity contribution in [3.05, 3.63) is 54.0 Å². The lowest BCUT2D eigenvalue weighted by Crippen LogP contribution is -2.41. The minimum Gasteiger partial charge on any atom is -0.497 e. The van der Waals surface area contributed by atoms with Gasteiger partial charge in [0.25, 0.3) is 0 Å². The number of amides is 2. The number of carbonyl (C=O) groups is 1. The Hall–Kier alpha value is -2.47. The summed E-state index contributed by atoms with van der Waals surface area (Å²) in [5, 5.41) is 12.5. The molecular formula is C17H22N2O4. The van der Waals surface area contributed by atoms with E-state index in [1.165, 1.54) is 4.90 Å². The highest BCUT2D eigenvalue weighted by molar-refractivity contribution is 5.75. The van der Waals surface area contributed by atoms with Gasteiger partial charge in [-0.05, 0) is 36.8 Å². The van der Waals surface area contributed by atoms with Crippen LogP contribution in [0.3, 0.4) is 0 Å². The van der Waals surface area contributed by atoms with Gasteiger partial charge < -0.3 is 24.5 Å². The van der Waals surface area contributed by atoms with Gasteiger partial charge in [-0.3, -0.25) is 0 Å². The van der Waals surface area contributed by atoms with Crippen LogP contribution in [0.25, 0.3) is 0 Å². The number of methoxy groups -OCH3 is 1. The molecule has 0 bridgehead atoms. The Labute approximate surface area is 135 Å². The van der Waals surface area contributed by atoms with Crippen LogP contribution in [0.2, 0.25) is 0 Å². The Balaban J connectivity index is 2.05. The monoisotopic (exact) mass is 318 g/mol. The topological polar surface area (TPSA) is 74.9 Å². The molecule has 2 rings (SSSR count). The van der Waals surface area contributed by atoms with Crippen LogP contribution < -0.4 is 10.1 Å². The standard InChI is InChI=1S/C17H22N2O4/c1-12(16-5-4-10-23-16)18-17(21)19(2)15(11-20)13-6-8-14(22-3)9-7-13/h4-10,12,15,20H,11H2,1-3H3,(H,18,21)/t12-,15+/m0/s1. The Bertz CT molecular complexity index is 610. The number of aliphatic hydroxyl groups excluding tert-OH is 1. The number of urea groups is 1. The third kappa shape index (κ3) is 4.04. The van der Waals surface area contributed by atoms with Crippen LogP contribution in [0.15, 0.2) is 47.1 Å². The molecule has 0 aliphatic rings. The van der Waals surface area contributed by atoms with E-state index >= 15 is 0 Å². The number of aliphatic hydroxyl groups is 1. The molecule has 124 valence electrons. The van der Waals surface area contributed by atoms with Gasteiger partial charge in [0.15, 0.2) is 0 Å². The van der Waals surface area contributed by atoms with E-state index in [-0.39, 0.29) is 18.7 Å². The normalized spacial score (nSPS) is 13.2. The molecule has 1 aromatic carbocycles. The van der Waals surface area contributed by atoms with Gasteiger partial charge in [-0.15, -0.1) is 0 Å². The molecule has 6 heteroatoms. The Morgan fingerprint density at radius 2 is 2.04 bits per heavy atom. The van der Waals surface area contributed by atoms with Crippen LogP contribution in [0, 0.1) is 0 Å². The van der Waals surface area contributed by atoms with Gasteiger partial charge in [0.2, 0.25) is 0 Å². The molecule has 23 heavy (non-hydrogen) atoms. The zero-order valence-corrected chi connectivity index (χ0v) is 13.5. The van der Waals surface area contributed by atoms with Crippen LogP contribution in [0.1, 0.15) is 30.3 Å². The second-order valence-corrected chi connectivity index (χ2v) is 5.27. The molecule has 1 heterocycles. The van der Waals surface area contributed by atoms with Gasteiger partial charge in [0, 0.05) is 7.05 Å². The van der Waals surface area contributed by atoms with Crippen molar-refractivity contribution >= 4 is 6.03 Å². The Morgan fingerprint density at radius 1 is 1.35 bits per heavy atom. The second-order valence-electron chi connectivity index (χ2n) is 5.27. The molecule has 0 spiro atoms. The van der Waals surface area contributed by atoms with E-state index < -0.39 is 6.04 Å². The summed E-state index contributed by atoms with van der Waals surface area (Å²) in [4.78, 5) is 13.9. The number of carbonyl (C=O) groups excluding carboxylic acids is 1. The van der Waals surface area contributed by atoms with Crippen LogP contribution in [0.4, 0.5) is 4.79 Å². The fourth-order valence-corrected chi connectivity index (χ4v) is 2.31. The molecule has 0 unspecified atom stereocenters. The highest BCUT2D eigenvalue weighted by Gasteiger charge is 2.23. The van der Waals surface area contributed by atoms with Gasteiger partial charge >= 0.3 is 6.03 Å². The minimum absolute atomic E-state index is 0.175. The van der Waals surface area contributed by atoms with Crippen LogP contribution >= 0.6 is 0 Å². The number of rotatable bonds is 6. The maximum Gasteiger partial charge on any atom is 0.318 e. The van der Waals surface area contributed by atoms with Crippen LogP contribution in [-0.2, 0) is 0 Å². The summed E-state index contributed by atoms with van der Waals surface area (Å²) in [6, 6.07) is 9.86. The zero-order valence-electron chi connectivity index (χ0n) is 13.5. The molecule has 2 atom stereocenters. The van der Waals surface area contributed by atoms with E-state index in [0.29, 0.717) is 5.76 Å². The first-order chi connectivity index (χ1) is 11.1. The fourth-order valence-electron chi connectivity index (χ4n) is 2.31. The Morgan fingerprint density at radius 3 is 2.57 bits per heavy atom. The molecule has 0 saturated carbocycles. The predicted molar refractivity (Wildman–Crippen MR) is 86.2 cm³/mol. The molecule has 0 aliphatic carbocycles. The van der Waals surface area contributed by atoms with Crippen molar-refractivity contribution in [3.8, 4) is 5.75 Å². The zero-order chi connectivity index (χ0) is 16.8. The summed E-state index contributed by atoms with van der Waals surface area (Å²) in [6.45, 7) is 1.66. The van der Waals surface area contributed by atoms with E-state index in [4.69, 9.17) is 9.15 Å². The van der Waals surface area contributed by atoms with Gasteiger partial charge in [0.1, 0.15) is 11.5 Å². The SMILES string of the molecule is COc1ccc([C@@H](CO)N(C)C(=O)N[C@@H](C)c2ccco2)cc1. The maximum atomic E-state index is 12.4. The molecule has 2 amide bonds. The smallest absolute Gasteiger partial charge is 0.318 e. The number of furan rings is 1. The molecule has 0 radical (unpaired) electrons. The van der Waals surface area contributed by atoms with Gasteiger partial charge in [0.05, 0.1) is 32.1 Å². The first-order valence-electron chi connectivity index (χ1n) is 7.38. The number of nitrogens with zero attached hydrogens (tertiary/aromatic N) is 1. The number of hydrogen-bond acceptors (Lipinski definition) is 4. The first-order valence-corrected chi connectivity index (χ1v) is 7.38. The number of likely N-dealkylation sites (N-methyl/N-ethyl adjacent to an activating group) is 1. The maximum absolute atomic E-state index is 12.4. The fraction of sp³-hybridized carbons (Fsp3) is 0.353. The summed E-state index contributed by atoms with van der Waals surface area (Å²) in [5.41, 5.74) is 0.830. The summed E-state index contributed by atoms with van der Waals surface area (Å²) >= 11 is 0. The van der Waals surface area contributed by atoms with E-state index in [1.807, 2.05) is 19.1 Å². The molecular weight excluding hydrogens is 296 g/mol. The number of ether oxygens (including phenoxy) is 1. The predicted octanol–water partition coefficient (Wildman–Crippen LogP) is 2.72. The average Bonchev–Trinajstić information content (AvgIpc) is 3.10. The third-order valence-corrected chi connectivity index (χ3v) is 3.77. The quantitative estimate of drug-likeness (QED) is 0.859. The largest absolute Gasteiger partial charge is 0.497 e. The summed E-state index contributed by atoms with van der Waals surface area (Å²) < 4.78 is 10.4. The summed E-state index contributed by atoms with van der Waals surface area (Å²) in [5.74, 6) is 1.40. The molecule has 2 N–H and O–H groups in total. The number of hydrogen-bond donors (Lipinski definition) is 2. The lowest BCUT2D eigenvalue weighted by molar-refractivity contribution is 0.147. The van der Waals surface area contributed by atoms with E-state index in [9.17, 15) is 9.90 Å². The van der Waals surface area contributed by atoms with Crippen molar-refractivity contribution in [1.82, 2.24) is 10.2 Å². The third-order valence-electron chi connectivity index (χ3n) is 3.77. The van der Waals surface area contributed by atoms with E-state index in [2.05, 4.69) is 5.32 Å². The second kappa shape index (κ2) is 7.69. The van der Waals surface area contributed by atoms with E-state index in [1.54, 1.807) is 44.7 Å². The average molecular weight is 318 g/mol. The van der Waals surface area contributed by atoms with E-state index in [0.717, 1.165) is 11.3 Å². The number of benzene rings is 1. The lowest BCUT2D eigenvalue weighted by Gasteiger charge is -2.28. The summed E-state index contributed by atoms with van der Waals surface area (Å²) in [7, 11) is 3.24. The molecule has 6 nitrogen and oxygen atoms in total. The van der Waals surface area contributed by atoms with Gasteiger partial charge in [-0.1, -0.05) is 12.1 Å². The van der Waals surface area contributed by atoms with Crippen molar-refractivity contribution in [2.45, 2.75) is 19.0 Å². The van der Waals surface area contributed by atoms with Crippen LogP contribution in [0.5, 0.6) is 5.75 Å².